The number of rotatable bonds is 13. The Kier molecular flexibility index (Phi) is 17.3. The lowest BCUT2D eigenvalue weighted by Crippen LogP contribution is -2.42. The van der Waals surface area contributed by atoms with Crippen LogP contribution < -0.4 is 5.73 Å². The fourth-order valence-electron chi connectivity index (χ4n) is 2.07. The highest BCUT2D eigenvalue weighted by Gasteiger charge is 2.36. The molecule has 9 heteroatoms. The first kappa shape index (κ1) is 25.4. The Morgan fingerprint density at radius 3 is 1.65 bits per heavy atom. The van der Waals surface area contributed by atoms with Crippen LogP contribution in [0.25, 0.3) is 0 Å². The van der Waals surface area contributed by atoms with Crippen LogP contribution in [0.3, 0.4) is 0 Å². The van der Waals surface area contributed by atoms with Gasteiger partial charge in [-0.3, -0.25) is 0 Å². The zero-order chi connectivity index (χ0) is 18.2. The molecule has 0 saturated heterocycles. The van der Waals surface area contributed by atoms with Crippen molar-refractivity contribution in [3.63, 3.8) is 0 Å². The van der Waals surface area contributed by atoms with E-state index in [1.54, 1.807) is 21.3 Å². The topological polar surface area (TPSA) is 92.4 Å². The quantitative estimate of drug-likeness (QED) is 0.476. The molecule has 0 saturated carbocycles. The van der Waals surface area contributed by atoms with Gasteiger partial charge in [-0.2, -0.15) is 0 Å². The Balaban J connectivity index is 0. The largest absolute Gasteiger partial charge is 0.500 e. The minimum Gasteiger partial charge on any atom is -0.396 e. The van der Waals surface area contributed by atoms with Gasteiger partial charge in [0.25, 0.3) is 0 Å². The minimum absolute atomic E-state index is 0.144. The molecular formula is C14H37NO6Si2. The molecule has 142 valence electrons. The van der Waals surface area contributed by atoms with Gasteiger partial charge < -0.3 is 33.0 Å². The predicted octanol–water partition coefficient (Wildman–Crippen LogP) is 1.73. The van der Waals surface area contributed by atoms with Crippen LogP contribution in [0, 0.1) is 0 Å². The predicted molar refractivity (Wildman–Crippen MR) is 96.6 cm³/mol. The fourth-order valence-corrected chi connectivity index (χ4v) is 6.21. The molecule has 3 N–H and O–H groups in total. The van der Waals surface area contributed by atoms with Crippen molar-refractivity contribution in [2.75, 3.05) is 47.7 Å². The molecule has 0 amide bonds. The van der Waals surface area contributed by atoms with Crippen LogP contribution in [0.1, 0.15) is 26.7 Å². The van der Waals surface area contributed by atoms with Crippen molar-refractivity contribution < 1.29 is 27.2 Å². The summed E-state index contributed by atoms with van der Waals surface area (Å²) in [6.45, 7) is 8.48. The van der Waals surface area contributed by atoms with Gasteiger partial charge in [0.15, 0.2) is 0 Å². The lowest BCUT2D eigenvalue weighted by Gasteiger charge is -2.25. The van der Waals surface area contributed by atoms with E-state index < -0.39 is 17.4 Å². The first-order valence-electron chi connectivity index (χ1n) is 8.17. The highest BCUT2D eigenvalue weighted by Crippen LogP contribution is 2.15. The molecule has 0 aliphatic heterocycles. The van der Waals surface area contributed by atoms with E-state index >= 15 is 0 Å². The summed E-state index contributed by atoms with van der Waals surface area (Å²) in [5, 5.41) is 8.57. The second-order valence-corrected chi connectivity index (χ2v) is 11.5. The average Bonchev–Trinajstić information content (AvgIpc) is 2.56. The van der Waals surface area contributed by atoms with Gasteiger partial charge in [-0.15, -0.1) is 0 Å². The van der Waals surface area contributed by atoms with Crippen molar-refractivity contribution in [2.24, 2.45) is 5.73 Å². The molecule has 0 fully saturated rings. The van der Waals surface area contributed by atoms with Gasteiger partial charge in [-0.05, 0) is 45.8 Å². The number of hydrogen-bond acceptors (Lipinski definition) is 7. The lowest BCUT2D eigenvalue weighted by atomic mass is 10.5. The minimum atomic E-state index is -2.40. The first-order chi connectivity index (χ1) is 10.9. The number of hydrogen-bond donors (Lipinski definition) is 2. The molecule has 0 aliphatic carbocycles. The summed E-state index contributed by atoms with van der Waals surface area (Å²) >= 11 is 0. The normalized spacial score (nSPS) is 12.0. The molecule has 0 radical (unpaired) electrons. The molecule has 0 bridgehead atoms. The van der Waals surface area contributed by atoms with E-state index in [1.807, 2.05) is 13.8 Å². The summed E-state index contributed by atoms with van der Waals surface area (Å²) < 4.78 is 26.6. The first-order valence-corrected chi connectivity index (χ1v) is 12.6. The van der Waals surface area contributed by atoms with E-state index in [1.165, 1.54) is 0 Å². The molecule has 0 spiro atoms. The zero-order valence-corrected chi connectivity index (χ0v) is 17.7. The maximum atomic E-state index is 8.57. The summed E-state index contributed by atoms with van der Waals surface area (Å²) in [6, 6.07) is 1.66. The van der Waals surface area contributed by atoms with Gasteiger partial charge in [0, 0.05) is 47.2 Å². The smallest absolute Gasteiger partial charge is 0.396 e. The summed E-state index contributed by atoms with van der Waals surface area (Å²) in [5.74, 6) is 0. The van der Waals surface area contributed by atoms with Crippen molar-refractivity contribution in [2.45, 2.75) is 45.3 Å². The molecule has 0 rings (SSSR count). The molecule has 23 heavy (non-hydrogen) atoms. The van der Waals surface area contributed by atoms with Gasteiger partial charge in [0.2, 0.25) is 0 Å². The number of nitrogens with two attached hydrogens (primary N) is 1. The van der Waals surface area contributed by atoms with Crippen LogP contribution in [0.4, 0.5) is 0 Å². The summed E-state index contributed by atoms with van der Waals surface area (Å²) in [4.78, 5) is 0. The van der Waals surface area contributed by atoms with Gasteiger partial charge >= 0.3 is 17.4 Å². The van der Waals surface area contributed by atoms with E-state index in [9.17, 15) is 0 Å². The van der Waals surface area contributed by atoms with E-state index in [0.717, 1.165) is 32.2 Å². The second-order valence-electron chi connectivity index (χ2n) is 5.01. The van der Waals surface area contributed by atoms with E-state index in [4.69, 9.17) is 33.0 Å². The van der Waals surface area contributed by atoms with Crippen LogP contribution in [-0.2, 0) is 22.1 Å². The SMILES string of the molecule is CCO[Si](C)(CCCN)OCC.CO[Si](CCCO)(OC)OC. The van der Waals surface area contributed by atoms with E-state index in [-0.39, 0.29) is 6.61 Å². The van der Waals surface area contributed by atoms with Crippen molar-refractivity contribution in [3.8, 4) is 0 Å². The van der Waals surface area contributed by atoms with Crippen molar-refractivity contribution in [1.29, 1.82) is 0 Å². The van der Waals surface area contributed by atoms with Crippen LogP contribution in [0.5, 0.6) is 0 Å². The fraction of sp³-hybridized carbons (Fsp3) is 1.00. The third kappa shape index (κ3) is 12.2. The maximum absolute atomic E-state index is 8.57. The molecule has 0 atom stereocenters. The Morgan fingerprint density at radius 2 is 1.35 bits per heavy atom. The maximum Gasteiger partial charge on any atom is 0.500 e. The van der Waals surface area contributed by atoms with Crippen molar-refractivity contribution in [3.05, 3.63) is 0 Å². The summed E-state index contributed by atoms with van der Waals surface area (Å²) in [6.07, 6.45) is 1.66. The molecule has 0 unspecified atom stereocenters. The van der Waals surface area contributed by atoms with E-state index in [2.05, 4.69) is 6.55 Å². The summed E-state index contributed by atoms with van der Waals surface area (Å²) in [5.41, 5.74) is 5.44. The molecular weight excluding hydrogens is 334 g/mol. The third-order valence-corrected chi connectivity index (χ3v) is 9.20. The van der Waals surface area contributed by atoms with Crippen LogP contribution in [0.15, 0.2) is 0 Å². The molecule has 0 heterocycles. The monoisotopic (exact) mass is 371 g/mol. The van der Waals surface area contributed by atoms with Crippen LogP contribution >= 0.6 is 0 Å². The average molecular weight is 372 g/mol. The van der Waals surface area contributed by atoms with Crippen molar-refractivity contribution >= 4 is 17.4 Å². The molecule has 0 aromatic rings. The highest BCUT2D eigenvalue weighted by atomic mass is 28.4. The highest BCUT2D eigenvalue weighted by molar-refractivity contribution is 6.66. The second kappa shape index (κ2) is 15.7. The summed E-state index contributed by atoms with van der Waals surface area (Å²) in [7, 11) is 0.449. The number of aliphatic hydroxyl groups is 1. The number of aliphatic hydroxyl groups excluding tert-OH is 1. The third-order valence-electron chi connectivity index (χ3n) is 3.31. The zero-order valence-electron chi connectivity index (χ0n) is 15.7. The standard InChI is InChI=1S/C8H21NO2Si.C6H16O4Si/c1-4-10-12(3,11-5-2)8-6-7-9;1-8-11(9-2,10-3)6-4-5-7/h4-9H2,1-3H3;7H,4-6H2,1-3H3. The Morgan fingerprint density at radius 1 is 0.870 bits per heavy atom. The van der Waals surface area contributed by atoms with Crippen LogP contribution in [-0.4, -0.2) is 70.2 Å². The molecule has 0 aromatic heterocycles. The van der Waals surface area contributed by atoms with Gasteiger partial charge in [0.05, 0.1) is 0 Å². The lowest BCUT2D eigenvalue weighted by molar-refractivity contribution is 0.120. The molecule has 7 nitrogen and oxygen atoms in total. The Hall–Kier alpha value is 0.154. The van der Waals surface area contributed by atoms with Gasteiger partial charge in [-0.25, -0.2) is 0 Å². The van der Waals surface area contributed by atoms with Gasteiger partial charge in [-0.1, -0.05) is 0 Å². The Labute approximate surface area is 144 Å². The molecule has 0 aliphatic rings. The van der Waals surface area contributed by atoms with E-state index in [0.29, 0.717) is 12.5 Å². The van der Waals surface area contributed by atoms with Gasteiger partial charge in [0.1, 0.15) is 0 Å². The Bertz CT molecular complexity index is 243. The van der Waals surface area contributed by atoms with Crippen molar-refractivity contribution in [1.82, 2.24) is 0 Å². The molecule has 0 aromatic carbocycles. The van der Waals surface area contributed by atoms with Crippen LogP contribution in [0.2, 0.25) is 18.6 Å².